The van der Waals surface area contributed by atoms with Crippen LogP contribution in [0.4, 0.5) is 13.2 Å². The molecule has 0 aliphatic carbocycles. The van der Waals surface area contributed by atoms with E-state index in [0.717, 1.165) is 10.6 Å². The smallest absolute Gasteiger partial charge is 0.418 e. The number of hydrogen-bond acceptors (Lipinski definition) is 1. The Hall–Kier alpha value is -2.76. The van der Waals surface area contributed by atoms with Gasteiger partial charge in [-0.15, -0.1) is 0 Å². The number of alkyl halides is 3. The molecule has 1 heterocycles. The van der Waals surface area contributed by atoms with Gasteiger partial charge in [-0.25, -0.2) is 4.79 Å². The Labute approximate surface area is 123 Å². The van der Waals surface area contributed by atoms with E-state index in [2.05, 4.69) is 0 Å². The summed E-state index contributed by atoms with van der Waals surface area (Å²) in [5, 5.41) is 9.55. The average Bonchev–Trinajstić information content (AvgIpc) is 2.86. The molecule has 0 unspecified atom stereocenters. The lowest BCUT2D eigenvalue weighted by atomic mass is 10.1. The second-order valence-corrected chi connectivity index (χ2v) is 4.75. The van der Waals surface area contributed by atoms with Crippen LogP contribution in [-0.2, 0) is 6.18 Å². The summed E-state index contributed by atoms with van der Waals surface area (Å²) in [6.45, 7) is 0. The lowest BCUT2D eigenvalue weighted by molar-refractivity contribution is -0.136. The minimum absolute atomic E-state index is 0.154. The van der Waals surface area contributed by atoms with Crippen molar-refractivity contribution in [3.8, 4) is 5.69 Å². The van der Waals surface area contributed by atoms with E-state index >= 15 is 0 Å². The number of rotatable bonds is 2. The van der Waals surface area contributed by atoms with Crippen LogP contribution in [0.5, 0.6) is 0 Å². The number of nitrogens with zero attached hydrogens (tertiary/aromatic N) is 1. The number of para-hydroxylation sites is 2. The number of halogens is 3. The summed E-state index contributed by atoms with van der Waals surface area (Å²) in [6.07, 6.45) is -4.57. The molecule has 0 aliphatic heterocycles. The number of carbonyl (C=O) groups is 1. The first-order valence-electron chi connectivity index (χ1n) is 6.40. The average molecular weight is 305 g/mol. The van der Waals surface area contributed by atoms with Crippen molar-refractivity contribution in [2.24, 2.45) is 0 Å². The number of aromatic nitrogens is 1. The van der Waals surface area contributed by atoms with E-state index in [1.807, 2.05) is 0 Å². The van der Waals surface area contributed by atoms with Gasteiger partial charge in [-0.3, -0.25) is 0 Å². The molecule has 1 aromatic heterocycles. The minimum atomic E-state index is -4.57. The van der Waals surface area contributed by atoms with E-state index < -0.39 is 17.7 Å². The number of hydrogen-bond donors (Lipinski definition) is 1. The molecule has 22 heavy (non-hydrogen) atoms. The lowest BCUT2D eigenvalue weighted by Crippen LogP contribution is -2.11. The molecule has 3 aromatic rings. The Bertz CT molecular complexity index is 851. The van der Waals surface area contributed by atoms with Gasteiger partial charge in [0.1, 0.15) is 5.69 Å². The summed E-state index contributed by atoms with van der Waals surface area (Å²) in [5.41, 5.74) is -0.857. The third-order valence-corrected chi connectivity index (χ3v) is 3.36. The molecule has 0 saturated heterocycles. The summed E-state index contributed by atoms with van der Waals surface area (Å²) < 4.78 is 40.9. The third-order valence-electron chi connectivity index (χ3n) is 3.36. The summed E-state index contributed by atoms with van der Waals surface area (Å²) in [5.74, 6) is -1.28. The molecule has 0 bridgehead atoms. The molecule has 0 saturated carbocycles. The van der Waals surface area contributed by atoms with Gasteiger partial charge < -0.3 is 9.67 Å². The quantitative estimate of drug-likeness (QED) is 0.765. The van der Waals surface area contributed by atoms with Crippen LogP contribution < -0.4 is 0 Å². The van der Waals surface area contributed by atoms with Crippen LogP contribution in [-0.4, -0.2) is 15.6 Å². The number of fused-ring (bicyclic) bond motifs is 1. The predicted octanol–water partition coefficient (Wildman–Crippen LogP) is 4.35. The summed E-state index contributed by atoms with van der Waals surface area (Å²) in [4.78, 5) is 11.4. The van der Waals surface area contributed by atoms with E-state index in [9.17, 15) is 23.1 Å². The first-order valence-corrected chi connectivity index (χ1v) is 6.40. The Kier molecular flexibility index (Phi) is 3.16. The zero-order valence-corrected chi connectivity index (χ0v) is 11.1. The SMILES string of the molecule is O=C(O)c1cc2cccc(C(F)(F)F)c2n1-c1ccccc1. The van der Waals surface area contributed by atoms with Crippen LogP contribution in [0.25, 0.3) is 16.6 Å². The normalized spacial score (nSPS) is 11.8. The van der Waals surface area contributed by atoms with Gasteiger partial charge in [0.2, 0.25) is 0 Å². The van der Waals surface area contributed by atoms with E-state index in [0.29, 0.717) is 5.69 Å². The number of benzene rings is 2. The van der Waals surface area contributed by atoms with Crippen molar-refractivity contribution in [2.75, 3.05) is 0 Å². The zero-order chi connectivity index (χ0) is 15.9. The maximum absolute atomic E-state index is 13.3. The topological polar surface area (TPSA) is 42.2 Å². The highest BCUT2D eigenvalue weighted by atomic mass is 19.4. The maximum atomic E-state index is 13.3. The fourth-order valence-electron chi connectivity index (χ4n) is 2.49. The molecule has 1 N–H and O–H groups in total. The summed E-state index contributed by atoms with van der Waals surface area (Å²) >= 11 is 0. The second kappa shape index (κ2) is 4.91. The van der Waals surface area contributed by atoms with Gasteiger partial charge in [0, 0.05) is 11.1 Å². The van der Waals surface area contributed by atoms with Crippen molar-refractivity contribution in [1.82, 2.24) is 4.57 Å². The second-order valence-electron chi connectivity index (χ2n) is 4.75. The summed E-state index contributed by atoms with van der Waals surface area (Å²) in [6, 6.07) is 13.1. The van der Waals surface area contributed by atoms with E-state index in [-0.39, 0.29) is 16.6 Å². The molecule has 3 rings (SSSR count). The molecule has 3 nitrogen and oxygen atoms in total. The molecule has 2 aromatic carbocycles. The highest BCUT2D eigenvalue weighted by Gasteiger charge is 2.35. The highest BCUT2D eigenvalue weighted by molar-refractivity contribution is 5.97. The van der Waals surface area contributed by atoms with Crippen LogP contribution in [0, 0.1) is 0 Å². The van der Waals surface area contributed by atoms with Gasteiger partial charge in [-0.05, 0) is 24.3 Å². The monoisotopic (exact) mass is 305 g/mol. The van der Waals surface area contributed by atoms with E-state index in [4.69, 9.17) is 0 Å². The van der Waals surface area contributed by atoms with Crippen LogP contribution in [0.3, 0.4) is 0 Å². The third kappa shape index (κ3) is 2.22. The first-order chi connectivity index (χ1) is 10.4. The summed E-state index contributed by atoms with van der Waals surface area (Å²) in [7, 11) is 0. The largest absolute Gasteiger partial charge is 0.477 e. The first kappa shape index (κ1) is 14.2. The molecule has 0 spiro atoms. The van der Waals surface area contributed by atoms with Gasteiger partial charge >= 0.3 is 12.1 Å². The van der Waals surface area contributed by atoms with Crippen molar-refractivity contribution >= 4 is 16.9 Å². The Morgan fingerprint density at radius 2 is 1.68 bits per heavy atom. The Morgan fingerprint density at radius 1 is 1.00 bits per heavy atom. The van der Waals surface area contributed by atoms with Crippen molar-refractivity contribution in [3.63, 3.8) is 0 Å². The van der Waals surface area contributed by atoms with Crippen molar-refractivity contribution in [2.45, 2.75) is 6.18 Å². The van der Waals surface area contributed by atoms with Gasteiger partial charge in [0.05, 0.1) is 11.1 Å². The molecular formula is C16H10F3NO2. The van der Waals surface area contributed by atoms with Crippen molar-refractivity contribution < 1.29 is 23.1 Å². The number of carboxylic acids is 1. The van der Waals surface area contributed by atoms with Crippen molar-refractivity contribution in [1.29, 1.82) is 0 Å². The van der Waals surface area contributed by atoms with Gasteiger partial charge in [-0.2, -0.15) is 13.2 Å². The Balaban J connectivity index is 2.46. The highest BCUT2D eigenvalue weighted by Crippen LogP contribution is 2.37. The zero-order valence-electron chi connectivity index (χ0n) is 11.1. The van der Waals surface area contributed by atoms with Gasteiger partial charge in [0.15, 0.2) is 0 Å². The van der Waals surface area contributed by atoms with Crippen LogP contribution in [0.2, 0.25) is 0 Å². The number of carboxylic acid groups (broad SMARTS) is 1. The number of aromatic carboxylic acids is 1. The Morgan fingerprint density at radius 3 is 2.27 bits per heavy atom. The molecule has 0 atom stereocenters. The molecule has 112 valence electrons. The predicted molar refractivity (Wildman–Crippen MR) is 75.2 cm³/mol. The minimum Gasteiger partial charge on any atom is -0.477 e. The fourth-order valence-corrected chi connectivity index (χ4v) is 2.49. The maximum Gasteiger partial charge on any atom is 0.418 e. The van der Waals surface area contributed by atoms with Gasteiger partial charge in [-0.1, -0.05) is 30.3 Å². The lowest BCUT2D eigenvalue weighted by Gasteiger charge is -2.13. The van der Waals surface area contributed by atoms with E-state index in [1.54, 1.807) is 30.3 Å². The molecule has 0 radical (unpaired) electrons. The van der Waals surface area contributed by atoms with Gasteiger partial charge in [0.25, 0.3) is 0 Å². The molecule has 0 aliphatic rings. The van der Waals surface area contributed by atoms with Crippen LogP contribution >= 0.6 is 0 Å². The standard InChI is InChI=1S/C16H10F3NO2/c17-16(18,19)12-8-4-5-10-9-13(15(21)22)20(14(10)12)11-6-2-1-3-7-11/h1-9H,(H,21,22). The van der Waals surface area contributed by atoms with E-state index in [1.165, 1.54) is 18.2 Å². The van der Waals surface area contributed by atoms with Crippen molar-refractivity contribution in [3.05, 3.63) is 65.9 Å². The fraction of sp³-hybridized carbons (Fsp3) is 0.0625. The molecular weight excluding hydrogens is 295 g/mol. The van der Waals surface area contributed by atoms with Crippen LogP contribution in [0.15, 0.2) is 54.6 Å². The molecule has 0 fully saturated rings. The van der Waals surface area contributed by atoms with Crippen LogP contribution in [0.1, 0.15) is 16.1 Å². The molecule has 0 amide bonds. The molecule has 6 heteroatoms.